The topological polar surface area (TPSA) is 38.7 Å². The molecule has 2 unspecified atom stereocenters. The molecule has 3 nitrogen and oxygen atoms in total. The van der Waals surface area contributed by atoms with E-state index in [2.05, 4.69) is 19.9 Å². The minimum atomic E-state index is -0.153. The molecule has 0 aliphatic heterocycles. The Balaban J connectivity index is 1.55. The molecule has 4 aliphatic rings. The molecule has 26 heavy (non-hydrogen) atoms. The van der Waals surface area contributed by atoms with Crippen LogP contribution in [0.3, 0.4) is 0 Å². The summed E-state index contributed by atoms with van der Waals surface area (Å²) in [5.74, 6) is 2.96. The van der Waals surface area contributed by atoms with Crippen LogP contribution >= 0.6 is 0 Å². The zero-order valence-electron chi connectivity index (χ0n) is 17.2. The molecule has 4 aliphatic carbocycles. The molecule has 148 valence electrons. The highest BCUT2D eigenvalue weighted by atomic mass is 16.7. The highest BCUT2D eigenvalue weighted by Crippen LogP contribution is 2.66. The van der Waals surface area contributed by atoms with E-state index in [1.165, 1.54) is 44.9 Å². The van der Waals surface area contributed by atoms with Gasteiger partial charge in [0.1, 0.15) is 6.79 Å². The Hall–Kier alpha value is -0.380. The van der Waals surface area contributed by atoms with Crippen molar-refractivity contribution in [1.82, 2.24) is 0 Å². The van der Waals surface area contributed by atoms with Crippen molar-refractivity contribution in [2.24, 2.45) is 34.5 Å². The van der Waals surface area contributed by atoms with Crippen LogP contribution in [0.1, 0.15) is 72.1 Å². The summed E-state index contributed by atoms with van der Waals surface area (Å²) in [6.45, 7) is 7.48. The molecule has 0 amide bonds. The van der Waals surface area contributed by atoms with Gasteiger partial charge in [0.15, 0.2) is 0 Å². The Morgan fingerprint density at radius 2 is 1.96 bits per heavy atom. The average Bonchev–Trinajstić information content (AvgIpc) is 2.97. The fourth-order valence-electron chi connectivity index (χ4n) is 7.77. The molecule has 1 N–H and O–H groups in total. The molecule has 0 spiro atoms. The van der Waals surface area contributed by atoms with Crippen LogP contribution in [0.5, 0.6) is 0 Å². The summed E-state index contributed by atoms with van der Waals surface area (Å²) >= 11 is 0. The molecule has 3 heteroatoms. The smallest absolute Gasteiger partial charge is 0.146 e. The largest absolute Gasteiger partial charge is 0.393 e. The maximum absolute atomic E-state index is 10.4. The summed E-state index contributed by atoms with van der Waals surface area (Å²) in [5, 5.41) is 10.4. The number of hydrogen-bond donors (Lipinski definition) is 1. The summed E-state index contributed by atoms with van der Waals surface area (Å²) < 4.78 is 11.0. The van der Waals surface area contributed by atoms with Gasteiger partial charge in [0.05, 0.1) is 12.2 Å². The summed E-state index contributed by atoms with van der Waals surface area (Å²) in [6.07, 6.45) is 12.8. The SMILES string of the molecule is COCOC1CC[C@@]2(C)C(=CC[C@H]3[C@@H]4CC[C@H](C(C)O)[C@@]4(C)CC[C@@H]32)C1. The molecule has 8 atom stereocenters. The van der Waals surface area contributed by atoms with E-state index in [1.807, 2.05) is 6.92 Å². The minimum absolute atomic E-state index is 0.153. The predicted molar refractivity (Wildman–Crippen MR) is 104 cm³/mol. The van der Waals surface area contributed by atoms with Gasteiger partial charge in [0.25, 0.3) is 0 Å². The van der Waals surface area contributed by atoms with Crippen LogP contribution in [0.15, 0.2) is 11.6 Å². The van der Waals surface area contributed by atoms with Crippen LogP contribution in [0, 0.1) is 34.5 Å². The van der Waals surface area contributed by atoms with Crippen molar-refractivity contribution in [2.75, 3.05) is 13.9 Å². The van der Waals surface area contributed by atoms with Crippen LogP contribution in [-0.2, 0) is 9.47 Å². The lowest BCUT2D eigenvalue weighted by molar-refractivity contribution is -0.100. The van der Waals surface area contributed by atoms with Crippen LogP contribution in [0.2, 0.25) is 0 Å². The van der Waals surface area contributed by atoms with Gasteiger partial charge >= 0.3 is 0 Å². The first kappa shape index (κ1) is 19.0. The summed E-state index contributed by atoms with van der Waals surface area (Å²) in [4.78, 5) is 0. The number of methoxy groups -OCH3 is 1. The molecule has 0 radical (unpaired) electrons. The monoisotopic (exact) mass is 362 g/mol. The summed E-state index contributed by atoms with van der Waals surface area (Å²) in [6, 6.07) is 0. The first-order valence-corrected chi connectivity index (χ1v) is 10.9. The standard InChI is InChI=1S/C23H38O3/c1-15(24)19-7-8-20-18-6-5-16-13-17(26-14-25-4)9-11-22(16,2)21(18)10-12-23(19,20)3/h5,15,17-21,24H,6-14H2,1-4H3/t15?,17?,18-,19+,20-,21-,22-,23+/m0/s1. The maximum Gasteiger partial charge on any atom is 0.146 e. The third-order valence-electron chi connectivity index (χ3n) is 9.14. The van der Waals surface area contributed by atoms with Crippen molar-refractivity contribution in [3.05, 3.63) is 11.6 Å². The van der Waals surface area contributed by atoms with E-state index in [4.69, 9.17) is 9.47 Å². The molecule has 3 saturated carbocycles. The molecular formula is C23H38O3. The van der Waals surface area contributed by atoms with Gasteiger partial charge in [0.2, 0.25) is 0 Å². The molecular weight excluding hydrogens is 324 g/mol. The number of aliphatic hydroxyl groups is 1. The quantitative estimate of drug-likeness (QED) is 0.569. The molecule has 0 saturated heterocycles. The van der Waals surface area contributed by atoms with Gasteiger partial charge in [-0.3, -0.25) is 0 Å². The number of fused-ring (bicyclic) bond motifs is 5. The third kappa shape index (κ3) is 2.81. The number of rotatable bonds is 4. The fourth-order valence-corrected chi connectivity index (χ4v) is 7.77. The number of hydrogen-bond acceptors (Lipinski definition) is 3. The summed E-state index contributed by atoms with van der Waals surface area (Å²) in [5.41, 5.74) is 2.40. The van der Waals surface area contributed by atoms with Crippen molar-refractivity contribution >= 4 is 0 Å². The lowest BCUT2D eigenvalue weighted by Crippen LogP contribution is -2.51. The minimum Gasteiger partial charge on any atom is -0.393 e. The Morgan fingerprint density at radius 1 is 1.15 bits per heavy atom. The zero-order valence-corrected chi connectivity index (χ0v) is 17.2. The van der Waals surface area contributed by atoms with Crippen LogP contribution < -0.4 is 0 Å². The first-order chi connectivity index (χ1) is 12.4. The summed E-state index contributed by atoms with van der Waals surface area (Å²) in [7, 11) is 1.71. The Morgan fingerprint density at radius 3 is 2.69 bits per heavy atom. The molecule has 0 heterocycles. The zero-order chi connectivity index (χ0) is 18.5. The van der Waals surface area contributed by atoms with E-state index in [-0.39, 0.29) is 6.10 Å². The lowest BCUT2D eigenvalue weighted by Gasteiger charge is -2.58. The van der Waals surface area contributed by atoms with Gasteiger partial charge in [-0.25, -0.2) is 0 Å². The van der Waals surface area contributed by atoms with E-state index in [0.29, 0.717) is 29.6 Å². The average molecular weight is 363 g/mol. The molecule has 0 aromatic heterocycles. The highest BCUT2D eigenvalue weighted by molar-refractivity contribution is 5.25. The van der Waals surface area contributed by atoms with Crippen molar-refractivity contribution in [3.63, 3.8) is 0 Å². The molecule has 0 aromatic rings. The van der Waals surface area contributed by atoms with Gasteiger partial charge in [-0.05, 0) is 92.8 Å². The predicted octanol–water partition coefficient (Wildman–Crippen LogP) is 4.94. The fraction of sp³-hybridized carbons (Fsp3) is 0.913. The molecule has 0 aromatic carbocycles. The van der Waals surface area contributed by atoms with Crippen LogP contribution in [0.4, 0.5) is 0 Å². The van der Waals surface area contributed by atoms with E-state index >= 15 is 0 Å². The van der Waals surface area contributed by atoms with E-state index in [9.17, 15) is 5.11 Å². The normalized spacial score (nSPS) is 49.0. The third-order valence-corrected chi connectivity index (χ3v) is 9.14. The second-order valence-corrected chi connectivity index (χ2v) is 10.2. The van der Waals surface area contributed by atoms with Crippen molar-refractivity contribution in [2.45, 2.75) is 84.3 Å². The van der Waals surface area contributed by atoms with Crippen LogP contribution in [0.25, 0.3) is 0 Å². The second kappa shape index (κ2) is 6.90. The van der Waals surface area contributed by atoms with E-state index in [1.54, 1.807) is 12.7 Å². The Kier molecular flexibility index (Phi) is 5.03. The van der Waals surface area contributed by atoms with Crippen LogP contribution in [-0.4, -0.2) is 31.2 Å². The number of ether oxygens (including phenoxy) is 2. The van der Waals surface area contributed by atoms with Crippen molar-refractivity contribution in [1.29, 1.82) is 0 Å². The van der Waals surface area contributed by atoms with E-state index in [0.717, 1.165) is 24.2 Å². The molecule has 4 rings (SSSR count). The van der Waals surface area contributed by atoms with Gasteiger partial charge < -0.3 is 14.6 Å². The highest BCUT2D eigenvalue weighted by Gasteiger charge is 2.59. The van der Waals surface area contributed by atoms with Gasteiger partial charge in [-0.15, -0.1) is 0 Å². The van der Waals surface area contributed by atoms with E-state index < -0.39 is 0 Å². The lowest BCUT2D eigenvalue weighted by atomic mass is 9.47. The van der Waals surface area contributed by atoms with Crippen molar-refractivity contribution in [3.8, 4) is 0 Å². The number of aliphatic hydroxyl groups excluding tert-OH is 1. The second-order valence-electron chi connectivity index (χ2n) is 10.2. The molecule has 3 fully saturated rings. The molecule has 0 bridgehead atoms. The Bertz CT molecular complexity index is 556. The van der Waals surface area contributed by atoms with Gasteiger partial charge in [-0.1, -0.05) is 25.5 Å². The first-order valence-electron chi connectivity index (χ1n) is 10.9. The maximum atomic E-state index is 10.4. The Labute approximate surface area is 159 Å². The van der Waals surface area contributed by atoms with Crippen molar-refractivity contribution < 1.29 is 14.6 Å². The van der Waals surface area contributed by atoms with Gasteiger partial charge in [0, 0.05) is 7.11 Å². The number of allylic oxidation sites excluding steroid dienone is 1. The van der Waals surface area contributed by atoms with Gasteiger partial charge in [-0.2, -0.15) is 0 Å².